The van der Waals surface area contributed by atoms with Crippen LogP contribution >= 0.6 is 0 Å². The first-order chi connectivity index (χ1) is 13.1. The van der Waals surface area contributed by atoms with E-state index >= 15 is 0 Å². The maximum absolute atomic E-state index is 13.0. The number of benzene rings is 2. The number of amides is 2. The van der Waals surface area contributed by atoms with Crippen LogP contribution in [0.3, 0.4) is 0 Å². The third-order valence-corrected chi connectivity index (χ3v) is 4.63. The van der Waals surface area contributed by atoms with Crippen molar-refractivity contribution in [1.29, 1.82) is 0 Å². The van der Waals surface area contributed by atoms with Crippen LogP contribution in [0.1, 0.15) is 20.7 Å². The number of hydrogen-bond acceptors (Lipinski definition) is 5. The highest BCUT2D eigenvalue weighted by atomic mass is 16.5. The van der Waals surface area contributed by atoms with Crippen LogP contribution in [-0.2, 0) is 0 Å². The molecule has 0 unspecified atom stereocenters. The second kappa shape index (κ2) is 7.99. The van der Waals surface area contributed by atoms with Gasteiger partial charge >= 0.3 is 0 Å². The number of piperazine rings is 1. The SMILES string of the molecule is COc1cccc(OC)c1C(=O)N1CCN(C(=O)c2ccccc2O)CC1. The van der Waals surface area contributed by atoms with Gasteiger partial charge < -0.3 is 24.4 Å². The lowest BCUT2D eigenvalue weighted by molar-refractivity contribution is 0.0530. The summed E-state index contributed by atoms with van der Waals surface area (Å²) >= 11 is 0. The highest BCUT2D eigenvalue weighted by Crippen LogP contribution is 2.30. The van der Waals surface area contributed by atoms with Gasteiger partial charge in [0.05, 0.1) is 19.8 Å². The van der Waals surface area contributed by atoms with Crippen LogP contribution in [0.2, 0.25) is 0 Å². The first-order valence-electron chi connectivity index (χ1n) is 8.64. The van der Waals surface area contributed by atoms with Gasteiger partial charge in [0.2, 0.25) is 0 Å². The van der Waals surface area contributed by atoms with Gasteiger partial charge in [-0.2, -0.15) is 0 Å². The maximum atomic E-state index is 13.0. The molecule has 1 saturated heterocycles. The number of carbonyl (C=O) groups is 2. The largest absolute Gasteiger partial charge is 0.507 e. The molecule has 1 N–H and O–H groups in total. The fourth-order valence-corrected chi connectivity index (χ4v) is 3.16. The van der Waals surface area contributed by atoms with E-state index < -0.39 is 0 Å². The summed E-state index contributed by atoms with van der Waals surface area (Å²) in [7, 11) is 3.02. The van der Waals surface area contributed by atoms with E-state index in [1.54, 1.807) is 46.2 Å². The number of ether oxygens (including phenoxy) is 2. The number of para-hydroxylation sites is 1. The molecule has 2 aromatic rings. The first kappa shape index (κ1) is 18.6. The third-order valence-electron chi connectivity index (χ3n) is 4.63. The Hall–Kier alpha value is -3.22. The summed E-state index contributed by atoms with van der Waals surface area (Å²) in [5.41, 5.74) is 0.645. The fourth-order valence-electron chi connectivity index (χ4n) is 3.16. The topological polar surface area (TPSA) is 79.3 Å². The van der Waals surface area contributed by atoms with E-state index in [4.69, 9.17) is 9.47 Å². The van der Waals surface area contributed by atoms with E-state index in [0.29, 0.717) is 43.2 Å². The number of nitrogens with zero attached hydrogens (tertiary/aromatic N) is 2. The summed E-state index contributed by atoms with van der Waals surface area (Å²) in [6, 6.07) is 11.7. The monoisotopic (exact) mass is 370 g/mol. The Labute approximate surface area is 157 Å². The van der Waals surface area contributed by atoms with Gasteiger partial charge in [-0.15, -0.1) is 0 Å². The van der Waals surface area contributed by atoms with Crippen LogP contribution in [0.25, 0.3) is 0 Å². The molecule has 0 radical (unpaired) electrons. The van der Waals surface area contributed by atoms with E-state index in [0.717, 1.165) is 0 Å². The molecule has 0 spiro atoms. The number of carbonyl (C=O) groups excluding carboxylic acids is 2. The van der Waals surface area contributed by atoms with Gasteiger partial charge in [-0.05, 0) is 24.3 Å². The van der Waals surface area contributed by atoms with E-state index in [1.807, 2.05) is 0 Å². The summed E-state index contributed by atoms with van der Waals surface area (Å²) in [6.45, 7) is 1.55. The van der Waals surface area contributed by atoms with Gasteiger partial charge in [-0.1, -0.05) is 18.2 Å². The Morgan fingerprint density at radius 2 is 1.33 bits per heavy atom. The molecule has 2 amide bonds. The zero-order chi connectivity index (χ0) is 19.4. The van der Waals surface area contributed by atoms with Crippen LogP contribution in [0.15, 0.2) is 42.5 Å². The van der Waals surface area contributed by atoms with Gasteiger partial charge in [-0.3, -0.25) is 9.59 Å². The maximum Gasteiger partial charge on any atom is 0.261 e. The van der Waals surface area contributed by atoms with Crippen molar-refractivity contribution in [3.63, 3.8) is 0 Å². The molecule has 142 valence electrons. The third kappa shape index (κ3) is 3.67. The van der Waals surface area contributed by atoms with E-state index in [1.165, 1.54) is 20.3 Å². The molecule has 2 aromatic carbocycles. The van der Waals surface area contributed by atoms with Crippen molar-refractivity contribution in [3.8, 4) is 17.2 Å². The summed E-state index contributed by atoms with van der Waals surface area (Å²) in [4.78, 5) is 28.9. The summed E-state index contributed by atoms with van der Waals surface area (Å²) < 4.78 is 10.6. The quantitative estimate of drug-likeness (QED) is 0.891. The van der Waals surface area contributed by atoms with Crippen LogP contribution < -0.4 is 9.47 Å². The Balaban J connectivity index is 1.72. The Morgan fingerprint density at radius 3 is 1.85 bits per heavy atom. The van der Waals surface area contributed by atoms with Gasteiger partial charge in [0.25, 0.3) is 11.8 Å². The van der Waals surface area contributed by atoms with Crippen molar-refractivity contribution in [2.45, 2.75) is 0 Å². The number of rotatable bonds is 4. The molecule has 1 aliphatic rings. The lowest BCUT2D eigenvalue weighted by atomic mass is 10.1. The summed E-state index contributed by atoms with van der Waals surface area (Å²) in [5.74, 6) is 0.424. The normalized spacial score (nSPS) is 14.0. The molecule has 1 heterocycles. The average molecular weight is 370 g/mol. The summed E-state index contributed by atoms with van der Waals surface area (Å²) in [6.07, 6.45) is 0. The Bertz CT molecular complexity index is 822. The van der Waals surface area contributed by atoms with Crippen LogP contribution in [-0.4, -0.2) is 67.1 Å². The molecule has 1 fully saturated rings. The number of phenols is 1. The predicted octanol–water partition coefficient (Wildman–Crippen LogP) is 2.01. The molecule has 7 nitrogen and oxygen atoms in total. The number of hydrogen-bond donors (Lipinski definition) is 1. The second-order valence-electron chi connectivity index (χ2n) is 6.14. The first-order valence-corrected chi connectivity index (χ1v) is 8.64. The minimum absolute atomic E-state index is 0.0419. The number of phenolic OH excluding ortho intramolecular Hbond substituents is 1. The Morgan fingerprint density at radius 1 is 0.815 bits per heavy atom. The zero-order valence-corrected chi connectivity index (χ0v) is 15.3. The second-order valence-corrected chi connectivity index (χ2v) is 6.14. The van der Waals surface area contributed by atoms with Gasteiger partial charge in [0, 0.05) is 26.2 Å². The molecule has 0 saturated carbocycles. The molecule has 0 aliphatic carbocycles. The highest BCUT2D eigenvalue weighted by molar-refractivity contribution is 6.00. The lowest BCUT2D eigenvalue weighted by Crippen LogP contribution is -2.50. The minimum atomic E-state index is -0.241. The van der Waals surface area contributed by atoms with Gasteiger partial charge in [0.1, 0.15) is 22.8 Å². The van der Waals surface area contributed by atoms with Crippen molar-refractivity contribution in [2.75, 3.05) is 40.4 Å². The van der Waals surface area contributed by atoms with Crippen molar-refractivity contribution in [3.05, 3.63) is 53.6 Å². The van der Waals surface area contributed by atoms with Gasteiger partial charge in [-0.25, -0.2) is 0 Å². The van der Waals surface area contributed by atoms with Crippen molar-refractivity contribution in [1.82, 2.24) is 9.80 Å². The Kier molecular flexibility index (Phi) is 5.49. The lowest BCUT2D eigenvalue weighted by Gasteiger charge is -2.35. The van der Waals surface area contributed by atoms with E-state index in [9.17, 15) is 14.7 Å². The van der Waals surface area contributed by atoms with Crippen molar-refractivity contribution >= 4 is 11.8 Å². The van der Waals surface area contributed by atoms with Crippen LogP contribution in [0.5, 0.6) is 17.2 Å². The smallest absolute Gasteiger partial charge is 0.261 e. The highest BCUT2D eigenvalue weighted by Gasteiger charge is 2.29. The molecule has 7 heteroatoms. The number of methoxy groups -OCH3 is 2. The molecular formula is C20H22N2O5. The van der Waals surface area contributed by atoms with Crippen molar-refractivity contribution in [2.24, 2.45) is 0 Å². The van der Waals surface area contributed by atoms with Crippen LogP contribution in [0.4, 0.5) is 0 Å². The molecule has 0 atom stereocenters. The predicted molar refractivity (Wildman–Crippen MR) is 99.5 cm³/mol. The standard InChI is InChI=1S/C20H22N2O5/c1-26-16-8-5-9-17(27-2)18(16)20(25)22-12-10-21(11-13-22)19(24)14-6-3-4-7-15(14)23/h3-9,23H,10-13H2,1-2H3. The molecule has 0 aromatic heterocycles. The molecular weight excluding hydrogens is 348 g/mol. The zero-order valence-electron chi connectivity index (χ0n) is 15.3. The minimum Gasteiger partial charge on any atom is -0.507 e. The van der Waals surface area contributed by atoms with E-state index in [2.05, 4.69) is 0 Å². The fraction of sp³-hybridized carbons (Fsp3) is 0.300. The molecule has 27 heavy (non-hydrogen) atoms. The van der Waals surface area contributed by atoms with E-state index in [-0.39, 0.29) is 23.1 Å². The van der Waals surface area contributed by atoms with Crippen molar-refractivity contribution < 1.29 is 24.2 Å². The number of aromatic hydroxyl groups is 1. The summed E-state index contributed by atoms with van der Waals surface area (Å²) in [5, 5.41) is 9.88. The van der Waals surface area contributed by atoms with Crippen LogP contribution in [0, 0.1) is 0 Å². The average Bonchev–Trinajstić information content (AvgIpc) is 2.72. The van der Waals surface area contributed by atoms with Gasteiger partial charge in [0.15, 0.2) is 0 Å². The molecule has 0 bridgehead atoms. The molecule has 3 rings (SSSR count). The molecule has 1 aliphatic heterocycles.